The Morgan fingerprint density at radius 3 is 2.39 bits per heavy atom. The van der Waals surface area contributed by atoms with Crippen molar-refractivity contribution in [3.63, 3.8) is 0 Å². The number of benzene rings is 1. The highest BCUT2D eigenvalue weighted by Gasteiger charge is 2.24. The first-order valence-electron chi connectivity index (χ1n) is 5.17. The zero-order valence-corrected chi connectivity index (χ0v) is 10.6. The van der Waals surface area contributed by atoms with Gasteiger partial charge in [-0.25, -0.2) is 18.7 Å². The number of nitrogens with zero attached hydrogens (tertiary/aromatic N) is 1. The fourth-order valence-electron chi connectivity index (χ4n) is 1.33. The first kappa shape index (κ1) is 14.6. The minimum atomic E-state index is -3.82. The van der Waals surface area contributed by atoms with Gasteiger partial charge in [-0.2, -0.15) is 4.31 Å². The molecule has 0 aliphatic rings. The molecule has 100 valence electrons. The molecule has 0 aliphatic heterocycles. The van der Waals surface area contributed by atoms with Crippen LogP contribution < -0.4 is 11.3 Å². The molecule has 0 bridgehead atoms. The molecule has 0 atom stereocenters. The molecule has 0 saturated heterocycles. The Kier molecular flexibility index (Phi) is 4.76. The third-order valence-corrected chi connectivity index (χ3v) is 4.22. The van der Waals surface area contributed by atoms with Crippen LogP contribution in [0, 0.1) is 5.82 Å². The number of nitrogens with one attached hydrogen (secondary N) is 1. The van der Waals surface area contributed by atoms with Gasteiger partial charge < -0.3 is 0 Å². The van der Waals surface area contributed by atoms with Gasteiger partial charge in [-0.1, -0.05) is 6.92 Å². The molecular formula is C10H14FN3O3S. The predicted molar refractivity (Wildman–Crippen MR) is 63.2 cm³/mol. The second kappa shape index (κ2) is 5.89. The number of hydrogen-bond donors (Lipinski definition) is 2. The molecule has 0 fully saturated rings. The molecule has 0 saturated carbocycles. The molecule has 0 aromatic heterocycles. The van der Waals surface area contributed by atoms with Crippen molar-refractivity contribution in [2.24, 2.45) is 5.84 Å². The van der Waals surface area contributed by atoms with E-state index in [-0.39, 0.29) is 18.0 Å². The van der Waals surface area contributed by atoms with Gasteiger partial charge in [0.25, 0.3) is 0 Å². The Morgan fingerprint density at radius 1 is 1.39 bits per heavy atom. The standard InChI is InChI=1S/C10H14FN3O3S/c1-2-14(7-10(15)13-12)18(16,17)9-5-3-8(11)4-6-9/h3-6H,2,7,12H2,1H3,(H,13,15). The summed E-state index contributed by atoms with van der Waals surface area (Å²) in [5, 5.41) is 0. The van der Waals surface area contributed by atoms with Crippen molar-refractivity contribution >= 4 is 15.9 Å². The summed E-state index contributed by atoms with van der Waals surface area (Å²) in [5.74, 6) is 3.75. The van der Waals surface area contributed by atoms with Gasteiger partial charge >= 0.3 is 0 Å². The van der Waals surface area contributed by atoms with E-state index in [9.17, 15) is 17.6 Å². The highest BCUT2D eigenvalue weighted by molar-refractivity contribution is 7.89. The normalized spacial score (nSPS) is 11.6. The van der Waals surface area contributed by atoms with E-state index in [4.69, 9.17) is 5.84 Å². The average Bonchev–Trinajstić information content (AvgIpc) is 2.35. The Bertz CT molecular complexity index is 516. The lowest BCUT2D eigenvalue weighted by Crippen LogP contribution is -2.42. The van der Waals surface area contributed by atoms with Crippen LogP contribution in [0.5, 0.6) is 0 Å². The molecular weight excluding hydrogens is 261 g/mol. The van der Waals surface area contributed by atoms with Gasteiger partial charge in [-0.3, -0.25) is 10.2 Å². The molecule has 18 heavy (non-hydrogen) atoms. The van der Waals surface area contributed by atoms with E-state index in [1.807, 2.05) is 5.43 Å². The largest absolute Gasteiger partial charge is 0.293 e. The summed E-state index contributed by atoms with van der Waals surface area (Å²) in [5.41, 5.74) is 1.86. The fourth-order valence-corrected chi connectivity index (χ4v) is 2.73. The minimum Gasteiger partial charge on any atom is -0.293 e. The maximum atomic E-state index is 12.7. The van der Waals surface area contributed by atoms with Crippen LogP contribution >= 0.6 is 0 Å². The number of hydrazine groups is 1. The van der Waals surface area contributed by atoms with Crippen LogP contribution in [0.25, 0.3) is 0 Å². The summed E-state index contributed by atoms with van der Waals surface area (Å²) in [6, 6.07) is 4.38. The molecule has 1 amide bonds. The SMILES string of the molecule is CCN(CC(=O)NN)S(=O)(=O)c1ccc(F)cc1. The number of halogens is 1. The van der Waals surface area contributed by atoms with Crippen molar-refractivity contribution in [2.45, 2.75) is 11.8 Å². The smallest absolute Gasteiger partial charge is 0.249 e. The van der Waals surface area contributed by atoms with Crippen molar-refractivity contribution in [1.82, 2.24) is 9.73 Å². The second-order valence-electron chi connectivity index (χ2n) is 3.45. The zero-order chi connectivity index (χ0) is 13.8. The van der Waals surface area contributed by atoms with Crippen molar-refractivity contribution in [1.29, 1.82) is 0 Å². The molecule has 6 nitrogen and oxygen atoms in total. The van der Waals surface area contributed by atoms with E-state index in [0.29, 0.717) is 0 Å². The van der Waals surface area contributed by atoms with Gasteiger partial charge in [0.1, 0.15) is 5.82 Å². The molecule has 0 aliphatic carbocycles. The summed E-state index contributed by atoms with van der Waals surface area (Å²) < 4.78 is 37.9. The Labute approximate surface area is 105 Å². The lowest BCUT2D eigenvalue weighted by molar-refractivity contribution is -0.121. The van der Waals surface area contributed by atoms with Crippen LogP contribution in [-0.2, 0) is 14.8 Å². The first-order valence-corrected chi connectivity index (χ1v) is 6.61. The van der Waals surface area contributed by atoms with Gasteiger partial charge in [0.2, 0.25) is 15.9 Å². The molecule has 0 spiro atoms. The number of rotatable bonds is 5. The number of amides is 1. The van der Waals surface area contributed by atoms with Crippen LogP contribution in [0.3, 0.4) is 0 Å². The van der Waals surface area contributed by atoms with Crippen molar-refractivity contribution in [2.75, 3.05) is 13.1 Å². The van der Waals surface area contributed by atoms with Crippen LogP contribution in [0.15, 0.2) is 29.2 Å². The third-order valence-electron chi connectivity index (χ3n) is 2.29. The van der Waals surface area contributed by atoms with Crippen molar-refractivity contribution in [3.8, 4) is 0 Å². The van der Waals surface area contributed by atoms with Crippen LogP contribution in [0.1, 0.15) is 6.92 Å². The summed E-state index contributed by atoms with van der Waals surface area (Å²) in [4.78, 5) is 11.0. The number of carbonyl (C=O) groups excluding carboxylic acids is 1. The minimum absolute atomic E-state index is 0.0735. The van der Waals surface area contributed by atoms with Crippen LogP contribution in [0.2, 0.25) is 0 Å². The van der Waals surface area contributed by atoms with Gasteiger partial charge in [-0.05, 0) is 24.3 Å². The van der Waals surface area contributed by atoms with E-state index >= 15 is 0 Å². The highest BCUT2D eigenvalue weighted by Crippen LogP contribution is 2.15. The Morgan fingerprint density at radius 2 is 1.94 bits per heavy atom. The zero-order valence-electron chi connectivity index (χ0n) is 9.76. The van der Waals surface area contributed by atoms with E-state index in [1.165, 1.54) is 0 Å². The van der Waals surface area contributed by atoms with E-state index < -0.39 is 21.7 Å². The number of carbonyl (C=O) groups is 1. The summed E-state index contributed by atoms with van der Waals surface area (Å²) in [6.07, 6.45) is 0. The molecule has 8 heteroatoms. The Hall–Kier alpha value is -1.51. The molecule has 1 aromatic carbocycles. The fraction of sp³-hybridized carbons (Fsp3) is 0.300. The van der Waals surface area contributed by atoms with Crippen LogP contribution in [0.4, 0.5) is 4.39 Å². The summed E-state index contributed by atoms with van der Waals surface area (Å²) >= 11 is 0. The van der Waals surface area contributed by atoms with Crippen molar-refractivity contribution < 1.29 is 17.6 Å². The quantitative estimate of drug-likeness (QED) is 0.443. The van der Waals surface area contributed by atoms with Gasteiger partial charge in [0.05, 0.1) is 11.4 Å². The van der Waals surface area contributed by atoms with Crippen molar-refractivity contribution in [3.05, 3.63) is 30.1 Å². The number of hydrogen-bond acceptors (Lipinski definition) is 4. The van der Waals surface area contributed by atoms with Crippen LogP contribution in [-0.4, -0.2) is 31.7 Å². The molecule has 1 aromatic rings. The number of nitrogens with two attached hydrogens (primary N) is 1. The van der Waals surface area contributed by atoms with Gasteiger partial charge in [-0.15, -0.1) is 0 Å². The first-order chi connectivity index (χ1) is 8.41. The maximum Gasteiger partial charge on any atom is 0.249 e. The third kappa shape index (κ3) is 3.25. The monoisotopic (exact) mass is 275 g/mol. The number of sulfonamides is 1. The van der Waals surface area contributed by atoms with Gasteiger partial charge in [0, 0.05) is 6.54 Å². The highest BCUT2D eigenvalue weighted by atomic mass is 32.2. The average molecular weight is 275 g/mol. The second-order valence-corrected chi connectivity index (χ2v) is 5.39. The summed E-state index contributed by atoms with van der Waals surface area (Å²) in [6.45, 7) is 1.31. The van der Waals surface area contributed by atoms with Gasteiger partial charge in [0.15, 0.2) is 0 Å². The maximum absolute atomic E-state index is 12.7. The van der Waals surface area contributed by atoms with E-state index in [2.05, 4.69) is 0 Å². The molecule has 0 unspecified atom stereocenters. The number of likely N-dealkylation sites (N-methyl/N-ethyl adjacent to an activating group) is 1. The lowest BCUT2D eigenvalue weighted by Gasteiger charge is -2.19. The molecule has 0 radical (unpaired) electrons. The van der Waals surface area contributed by atoms with E-state index in [1.54, 1.807) is 6.92 Å². The lowest BCUT2D eigenvalue weighted by atomic mass is 10.4. The molecule has 1 rings (SSSR count). The molecule has 3 N–H and O–H groups in total. The molecule has 0 heterocycles. The van der Waals surface area contributed by atoms with E-state index in [0.717, 1.165) is 28.6 Å². The summed E-state index contributed by atoms with van der Waals surface area (Å²) in [7, 11) is -3.82. The predicted octanol–water partition coefficient (Wildman–Crippen LogP) is -0.174. The topological polar surface area (TPSA) is 92.5 Å². The Balaban J connectivity index is 3.03.